The molecule has 1 heterocycles. The minimum absolute atomic E-state index is 0.0370. The first-order valence-corrected chi connectivity index (χ1v) is 11.6. The number of carbonyl (C=O) groups is 1. The highest BCUT2D eigenvalue weighted by Gasteiger charge is 2.26. The first kappa shape index (κ1) is 21.5. The van der Waals surface area contributed by atoms with Crippen LogP contribution in [0.1, 0.15) is 52.9 Å². The van der Waals surface area contributed by atoms with E-state index >= 15 is 0 Å². The maximum atomic E-state index is 12.7. The number of sulfonamides is 1. The molecule has 0 aromatic heterocycles. The van der Waals surface area contributed by atoms with E-state index in [4.69, 9.17) is 4.74 Å². The molecule has 27 heavy (non-hydrogen) atoms. The predicted octanol–water partition coefficient (Wildman–Crippen LogP) is 3.42. The lowest BCUT2D eigenvalue weighted by Gasteiger charge is -2.36. The number of hydrogen-bond donors (Lipinski definition) is 0. The van der Waals surface area contributed by atoms with Gasteiger partial charge in [-0.2, -0.15) is 0 Å². The molecule has 0 spiro atoms. The fourth-order valence-corrected chi connectivity index (χ4v) is 4.47. The van der Waals surface area contributed by atoms with Gasteiger partial charge in [0.15, 0.2) is 0 Å². The van der Waals surface area contributed by atoms with Crippen LogP contribution < -0.4 is 9.04 Å². The van der Waals surface area contributed by atoms with Crippen molar-refractivity contribution in [2.24, 2.45) is 0 Å². The zero-order valence-corrected chi connectivity index (χ0v) is 17.7. The van der Waals surface area contributed by atoms with E-state index in [0.29, 0.717) is 11.4 Å². The minimum atomic E-state index is -3.48. The number of carbonyl (C=O) groups excluding carboxylic acids is 1. The van der Waals surface area contributed by atoms with Crippen LogP contribution in [-0.2, 0) is 14.8 Å². The first-order valence-electron chi connectivity index (χ1n) is 9.76. The van der Waals surface area contributed by atoms with Gasteiger partial charge in [-0.05, 0) is 63.8 Å². The summed E-state index contributed by atoms with van der Waals surface area (Å²) >= 11 is 0. The Morgan fingerprint density at radius 3 is 2.48 bits per heavy atom. The lowest BCUT2D eigenvalue weighted by Crippen LogP contribution is -2.44. The van der Waals surface area contributed by atoms with Gasteiger partial charge < -0.3 is 9.64 Å². The predicted molar refractivity (Wildman–Crippen MR) is 109 cm³/mol. The van der Waals surface area contributed by atoms with E-state index in [2.05, 4.69) is 6.92 Å². The van der Waals surface area contributed by atoms with Gasteiger partial charge in [-0.25, -0.2) is 8.42 Å². The van der Waals surface area contributed by atoms with Crippen molar-refractivity contribution in [1.29, 1.82) is 0 Å². The molecule has 1 unspecified atom stereocenters. The van der Waals surface area contributed by atoms with Crippen LogP contribution in [0.25, 0.3) is 0 Å². The molecule has 6 nitrogen and oxygen atoms in total. The van der Waals surface area contributed by atoms with Crippen molar-refractivity contribution in [3.8, 4) is 5.75 Å². The monoisotopic (exact) mass is 396 g/mol. The fraction of sp³-hybridized carbons (Fsp3) is 0.650. The smallest absolute Gasteiger partial charge is 0.232 e. The summed E-state index contributed by atoms with van der Waals surface area (Å²) in [7, 11) is -3.48. The van der Waals surface area contributed by atoms with Crippen LogP contribution in [0.2, 0.25) is 0 Å². The van der Waals surface area contributed by atoms with E-state index in [1.54, 1.807) is 24.3 Å². The summed E-state index contributed by atoms with van der Waals surface area (Å²) in [6.07, 6.45) is 5.57. The molecule has 1 atom stereocenters. The normalized spacial score (nSPS) is 17.8. The quantitative estimate of drug-likeness (QED) is 0.675. The van der Waals surface area contributed by atoms with Crippen molar-refractivity contribution < 1.29 is 17.9 Å². The highest BCUT2D eigenvalue weighted by molar-refractivity contribution is 7.92. The Hall–Kier alpha value is -1.76. The molecule has 2 rings (SSSR count). The number of amides is 1. The van der Waals surface area contributed by atoms with E-state index in [1.807, 2.05) is 18.7 Å². The van der Waals surface area contributed by atoms with Gasteiger partial charge in [-0.3, -0.25) is 9.10 Å². The van der Waals surface area contributed by atoms with E-state index < -0.39 is 10.0 Å². The van der Waals surface area contributed by atoms with Gasteiger partial charge >= 0.3 is 0 Å². The second-order valence-corrected chi connectivity index (χ2v) is 9.30. The molecule has 0 bridgehead atoms. The molecular formula is C20H32N2O4S. The number of piperidine rings is 1. The Bertz CT molecular complexity index is 716. The molecule has 1 aromatic carbocycles. The van der Waals surface area contributed by atoms with Gasteiger partial charge in [0.2, 0.25) is 15.9 Å². The van der Waals surface area contributed by atoms with Crippen LogP contribution in [0, 0.1) is 0 Å². The van der Waals surface area contributed by atoms with Gasteiger partial charge in [0.05, 0.1) is 18.0 Å². The second kappa shape index (κ2) is 9.44. The topological polar surface area (TPSA) is 66.9 Å². The molecule has 1 saturated heterocycles. The lowest BCUT2D eigenvalue weighted by molar-refractivity contribution is -0.134. The van der Waals surface area contributed by atoms with Crippen LogP contribution in [0.15, 0.2) is 24.3 Å². The Kier molecular flexibility index (Phi) is 7.53. The van der Waals surface area contributed by atoms with Crippen LogP contribution in [0.3, 0.4) is 0 Å². The molecule has 0 saturated carbocycles. The van der Waals surface area contributed by atoms with Crippen molar-refractivity contribution in [1.82, 2.24) is 4.90 Å². The second-order valence-electron chi connectivity index (χ2n) is 7.39. The minimum Gasteiger partial charge on any atom is -0.491 e. The van der Waals surface area contributed by atoms with Gasteiger partial charge in [0, 0.05) is 25.6 Å². The van der Waals surface area contributed by atoms with Crippen molar-refractivity contribution >= 4 is 21.6 Å². The fourth-order valence-electron chi connectivity index (χ4n) is 3.54. The Morgan fingerprint density at radius 2 is 1.93 bits per heavy atom. The number of likely N-dealkylation sites (tertiary alicyclic amines) is 1. The first-order chi connectivity index (χ1) is 12.7. The summed E-state index contributed by atoms with van der Waals surface area (Å²) in [6, 6.07) is 7.24. The largest absolute Gasteiger partial charge is 0.491 e. The number of benzene rings is 1. The molecule has 1 fully saturated rings. The van der Waals surface area contributed by atoms with E-state index in [0.717, 1.165) is 32.2 Å². The highest BCUT2D eigenvalue weighted by atomic mass is 32.2. The lowest BCUT2D eigenvalue weighted by atomic mass is 9.99. The third kappa shape index (κ3) is 6.13. The summed E-state index contributed by atoms with van der Waals surface area (Å²) in [5.41, 5.74) is 0.548. The van der Waals surface area contributed by atoms with Gasteiger partial charge in [-0.15, -0.1) is 0 Å². The molecule has 1 amide bonds. The SMILES string of the molecule is CCC1CCCCN1C(=O)CCN(c1ccc(OC(C)C)cc1)S(C)(=O)=O. The van der Waals surface area contributed by atoms with E-state index in [9.17, 15) is 13.2 Å². The number of nitrogens with zero attached hydrogens (tertiary/aromatic N) is 2. The number of hydrogen-bond acceptors (Lipinski definition) is 4. The number of rotatable bonds is 8. The molecule has 7 heteroatoms. The number of anilines is 1. The van der Waals surface area contributed by atoms with Crippen LogP contribution >= 0.6 is 0 Å². The van der Waals surface area contributed by atoms with Gasteiger partial charge in [0.1, 0.15) is 5.75 Å². The summed E-state index contributed by atoms with van der Waals surface area (Å²) in [4.78, 5) is 14.6. The van der Waals surface area contributed by atoms with E-state index in [-0.39, 0.29) is 31.0 Å². The molecule has 152 valence electrons. The molecule has 0 N–H and O–H groups in total. The maximum Gasteiger partial charge on any atom is 0.232 e. The van der Waals surface area contributed by atoms with Crippen molar-refractivity contribution in [3.05, 3.63) is 24.3 Å². The molecular weight excluding hydrogens is 364 g/mol. The zero-order valence-electron chi connectivity index (χ0n) is 16.8. The maximum absolute atomic E-state index is 12.7. The van der Waals surface area contributed by atoms with Crippen LogP contribution in [0.5, 0.6) is 5.75 Å². The Balaban J connectivity index is 2.08. The van der Waals surface area contributed by atoms with Crippen LogP contribution in [-0.4, -0.2) is 50.7 Å². The molecule has 1 aromatic rings. The average Bonchev–Trinajstić information content (AvgIpc) is 2.61. The summed E-state index contributed by atoms with van der Waals surface area (Å²) in [5, 5.41) is 0. The van der Waals surface area contributed by atoms with E-state index in [1.165, 1.54) is 10.6 Å². The van der Waals surface area contributed by atoms with Crippen molar-refractivity contribution in [2.75, 3.05) is 23.7 Å². The average molecular weight is 397 g/mol. The van der Waals surface area contributed by atoms with Crippen molar-refractivity contribution in [2.45, 2.75) is 65.0 Å². The molecule has 1 aliphatic rings. The molecule has 1 aliphatic heterocycles. The summed E-state index contributed by atoms with van der Waals surface area (Å²) < 4.78 is 31.5. The standard InChI is InChI=1S/C20H32N2O4S/c1-5-17-8-6-7-14-21(17)20(23)13-15-22(27(4,24)25)18-9-11-19(12-10-18)26-16(2)3/h9-12,16-17H,5-8,13-15H2,1-4H3. The Morgan fingerprint density at radius 1 is 1.26 bits per heavy atom. The Labute approximate surface area is 163 Å². The van der Waals surface area contributed by atoms with Gasteiger partial charge in [0.25, 0.3) is 0 Å². The van der Waals surface area contributed by atoms with Crippen molar-refractivity contribution in [3.63, 3.8) is 0 Å². The van der Waals surface area contributed by atoms with Gasteiger partial charge in [-0.1, -0.05) is 6.92 Å². The van der Waals surface area contributed by atoms with Crippen LogP contribution in [0.4, 0.5) is 5.69 Å². The molecule has 0 aliphatic carbocycles. The number of ether oxygens (including phenoxy) is 1. The summed E-state index contributed by atoms with van der Waals surface area (Å²) in [5.74, 6) is 0.729. The summed E-state index contributed by atoms with van der Waals surface area (Å²) in [6.45, 7) is 6.89. The highest BCUT2D eigenvalue weighted by Crippen LogP contribution is 2.24. The third-order valence-corrected chi connectivity index (χ3v) is 6.04. The third-order valence-electron chi connectivity index (χ3n) is 4.84. The molecule has 0 radical (unpaired) electrons. The zero-order chi connectivity index (χ0) is 20.0.